The third kappa shape index (κ3) is 2.88. The van der Waals surface area contributed by atoms with Gasteiger partial charge in [-0.2, -0.15) is 5.10 Å². The summed E-state index contributed by atoms with van der Waals surface area (Å²) in [4.78, 5) is 12.2. The first-order valence-electron chi connectivity index (χ1n) is 6.81. The number of hydrogen-bond donors (Lipinski definition) is 2. The van der Waals surface area contributed by atoms with Gasteiger partial charge in [-0.1, -0.05) is 12.1 Å². The van der Waals surface area contributed by atoms with Crippen LogP contribution in [0.3, 0.4) is 0 Å². The molecule has 2 aromatic rings. The Hall–Kier alpha value is -2.14. The van der Waals surface area contributed by atoms with Crippen molar-refractivity contribution < 1.29 is 9.53 Å². The average molecular weight is 271 g/mol. The summed E-state index contributed by atoms with van der Waals surface area (Å²) in [5, 5.41) is 9.81. The second-order valence-corrected chi connectivity index (χ2v) is 4.95. The van der Waals surface area contributed by atoms with Gasteiger partial charge in [0.25, 0.3) is 0 Å². The van der Waals surface area contributed by atoms with Crippen molar-refractivity contribution in [2.75, 3.05) is 18.5 Å². The lowest BCUT2D eigenvalue weighted by Crippen LogP contribution is -2.30. The summed E-state index contributed by atoms with van der Waals surface area (Å²) < 4.78 is 5.35. The summed E-state index contributed by atoms with van der Waals surface area (Å²) in [5.74, 6) is -0.00831. The summed E-state index contributed by atoms with van der Waals surface area (Å²) in [5.41, 5.74) is 2.73. The highest BCUT2D eigenvalue weighted by Crippen LogP contribution is 2.22. The van der Waals surface area contributed by atoms with E-state index in [9.17, 15) is 4.79 Å². The zero-order valence-electron chi connectivity index (χ0n) is 11.1. The van der Waals surface area contributed by atoms with Crippen LogP contribution in [0.1, 0.15) is 12.8 Å². The Morgan fingerprint density at radius 1 is 1.40 bits per heavy atom. The first kappa shape index (κ1) is 12.9. The number of benzene rings is 1. The third-order valence-corrected chi connectivity index (χ3v) is 3.47. The Labute approximate surface area is 117 Å². The zero-order chi connectivity index (χ0) is 13.8. The molecule has 1 aliphatic heterocycles. The summed E-state index contributed by atoms with van der Waals surface area (Å²) in [6.07, 6.45) is 3.55. The van der Waals surface area contributed by atoms with E-state index in [1.807, 2.05) is 30.3 Å². The number of aromatic amines is 1. The topological polar surface area (TPSA) is 67.0 Å². The number of nitrogens with one attached hydrogen (secondary N) is 2. The Bertz CT molecular complexity index is 575. The predicted octanol–water partition coefficient (Wildman–Crippen LogP) is 2.44. The minimum atomic E-state index is -0.0421. The molecular formula is C15H17N3O2. The van der Waals surface area contributed by atoms with Crippen molar-refractivity contribution in [3.8, 4) is 11.3 Å². The first-order valence-corrected chi connectivity index (χ1v) is 6.81. The fourth-order valence-electron chi connectivity index (χ4n) is 2.37. The summed E-state index contributed by atoms with van der Waals surface area (Å²) in [6, 6.07) is 9.63. The van der Waals surface area contributed by atoms with Crippen LogP contribution in [0.5, 0.6) is 0 Å². The number of hydrogen-bond acceptors (Lipinski definition) is 3. The molecular weight excluding hydrogens is 254 g/mol. The van der Waals surface area contributed by atoms with Crippen molar-refractivity contribution in [3.63, 3.8) is 0 Å². The Kier molecular flexibility index (Phi) is 3.78. The Morgan fingerprint density at radius 3 is 3.10 bits per heavy atom. The monoisotopic (exact) mass is 271 g/mol. The van der Waals surface area contributed by atoms with Gasteiger partial charge in [0.05, 0.1) is 18.2 Å². The maximum absolute atomic E-state index is 12.2. The van der Waals surface area contributed by atoms with E-state index in [0.29, 0.717) is 6.61 Å². The largest absolute Gasteiger partial charge is 0.381 e. The van der Waals surface area contributed by atoms with Gasteiger partial charge in [0, 0.05) is 24.1 Å². The molecule has 5 nitrogen and oxygen atoms in total. The van der Waals surface area contributed by atoms with Crippen molar-refractivity contribution in [1.29, 1.82) is 0 Å². The molecule has 20 heavy (non-hydrogen) atoms. The summed E-state index contributed by atoms with van der Waals surface area (Å²) in [6.45, 7) is 1.28. The maximum Gasteiger partial charge on any atom is 0.229 e. The number of carbonyl (C=O) groups excluding carboxylic acids is 1. The Morgan fingerprint density at radius 2 is 2.35 bits per heavy atom. The quantitative estimate of drug-likeness (QED) is 0.901. The van der Waals surface area contributed by atoms with E-state index in [0.717, 1.165) is 36.4 Å². The average Bonchev–Trinajstić information content (AvgIpc) is 3.03. The van der Waals surface area contributed by atoms with Gasteiger partial charge in [-0.05, 0) is 31.0 Å². The van der Waals surface area contributed by atoms with Gasteiger partial charge in [0.1, 0.15) is 0 Å². The molecule has 1 unspecified atom stereocenters. The lowest BCUT2D eigenvalue weighted by molar-refractivity contribution is -0.123. The predicted molar refractivity (Wildman–Crippen MR) is 76.2 cm³/mol. The van der Waals surface area contributed by atoms with E-state index in [1.54, 1.807) is 6.20 Å². The summed E-state index contributed by atoms with van der Waals surface area (Å²) in [7, 11) is 0. The molecule has 0 bridgehead atoms. The highest BCUT2D eigenvalue weighted by Gasteiger charge is 2.21. The molecule has 104 valence electrons. The SMILES string of the molecule is O=C(Nc1cccc(-c2ccn[nH]2)c1)C1CCCOC1. The van der Waals surface area contributed by atoms with Gasteiger partial charge in [0.15, 0.2) is 0 Å². The molecule has 1 amide bonds. The van der Waals surface area contributed by atoms with Crippen LogP contribution in [-0.4, -0.2) is 29.3 Å². The van der Waals surface area contributed by atoms with Gasteiger partial charge >= 0.3 is 0 Å². The molecule has 1 saturated heterocycles. The molecule has 0 saturated carbocycles. The molecule has 0 aliphatic carbocycles. The van der Waals surface area contributed by atoms with E-state index in [4.69, 9.17) is 4.74 Å². The van der Waals surface area contributed by atoms with Crippen LogP contribution < -0.4 is 5.32 Å². The maximum atomic E-state index is 12.2. The molecule has 5 heteroatoms. The van der Waals surface area contributed by atoms with Crippen molar-refractivity contribution in [2.45, 2.75) is 12.8 Å². The van der Waals surface area contributed by atoms with Gasteiger partial charge in [-0.25, -0.2) is 0 Å². The lowest BCUT2D eigenvalue weighted by atomic mass is 10.0. The molecule has 1 aliphatic rings. The van der Waals surface area contributed by atoms with Crippen LogP contribution in [0.15, 0.2) is 36.5 Å². The van der Waals surface area contributed by atoms with E-state index < -0.39 is 0 Å². The van der Waals surface area contributed by atoms with Gasteiger partial charge < -0.3 is 10.1 Å². The highest BCUT2D eigenvalue weighted by molar-refractivity contribution is 5.93. The molecule has 1 aromatic carbocycles. The minimum absolute atomic E-state index is 0.0338. The van der Waals surface area contributed by atoms with Gasteiger partial charge in [-0.3, -0.25) is 9.89 Å². The van der Waals surface area contributed by atoms with E-state index in [2.05, 4.69) is 15.5 Å². The fraction of sp³-hybridized carbons (Fsp3) is 0.333. The van der Waals surface area contributed by atoms with E-state index >= 15 is 0 Å². The van der Waals surface area contributed by atoms with Crippen LogP contribution in [-0.2, 0) is 9.53 Å². The summed E-state index contributed by atoms with van der Waals surface area (Å²) >= 11 is 0. The van der Waals surface area contributed by atoms with Crippen LogP contribution in [0.4, 0.5) is 5.69 Å². The van der Waals surface area contributed by atoms with Crippen LogP contribution in [0, 0.1) is 5.92 Å². The number of rotatable bonds is 3. The third-order valence-electron chi connectivity index (χ3n) is 3.47. The van der Waals surface area contributed by atoms with Crippen molar-refractivity contribution in [2.24, 2.45) is 5.92 Å². The minimum Gasteiger partial charge on any atom is -0.381 e. The molecule has 0 spiro atoms. The van der Waals surface area contributed by atoms with Gasteiger partial charge in [0.2, 0.25) is 5.91 Å². The first-order chi connectivity index (χ1) is 9.83. The number of H-pyrrole nitrogens is 1. The highest BCUT2D eigenvalue weighted by atomic mass is 16.5. The molecule has 3 rings (SSSR count). The lowest BCUT2D eigenvalue weighted by Gasteiger charge is -2.21. The van der Waals surface area contributed by atoms with Crippen LogP contribution in [0.25, 0.3) is 11.3 Å². The smallest absolute Gasteiger partial charge is 0.229 e. The second kappa shape index (κ2) is 5.88. The molecule has 2 N–H and O–H groups in total. The van der Waals surface area contributed by atoms with Crippen molar-refractivity contribution >= 4 is 11.6 Å². The molecule has 1 fully saturated rings. The zero-order valence-corrected chi connectivity index (χ0v) is 11.1. The van der Waals surface area contributed by atoms with Crippen molar-refractivity contribution in [1.82, 2.24) is 10.2 Å². The molecule has 1 aromatic heterocycles. The van der Waals surface area contributed by atoms with Crippen molar-refractivity contribution in [3.05, 3.63) is 36.5 Å². The van der Waals surface area contributed by atoms with E-state index in [-0.39, 0.29) is 11.8 Å². The number of carbonyl (C=O) groups is 1. The number of anilines is 1. The number of ether oxygens (including phenoxy) is 1. The Balaban J connectivity index is 1.71. The normalized spacial score (nSPS) is 18.7. The van der Waals surface area contributed by atoms with E-state index in [1.165, 1.54) is 0 Å². The second-order valence-electron chi connectivity index (χ2n) is 4.95. The number of amides is 1. The molecule has 1 atom stereocenters. The molecule has 0 radical (unpaired) electrons. The molecule has 2 heterocycles. The van der Waals surface area contributed by atoms with Crippen LogP contribution >= 0.6 is 0 Å². The fourth-order valence-corrected chi connectivity index (χ4v) is 2.37. The van der Waals surface area contributed by atoms with Crippen LogP contribution in [0.2, 0.25) is 0 Å². The standard InChI is InChI=1S/C15H17N3O2/c19-15(12-4-2-8-20-10-12)17-13-5-1-3-11(9-13)14-6-7-16-18-14/h1,3,5-7,9,12H,2,4,8,10H2,(H,16,18)(H,17,19). The number of nitrogens with zero attached hydrogens (tertiary/aromatic N) is 1. The number of aromatic nitrogens is 2. The van der Waals surface area contributed by atoms with Gasteiger partial charge in [-0.15, -0.1) is 0 Å².